The molecule has 0 radical (unpaired) electrons. The third kappa shape index (κ3) is 2.80. The van der Waals surface area contributed by atoms with Crippen LogP contribution in [0.25, 0.3) is 5.70 Å². The van der Waals surface area contributed by atoms with E-state index in [4.69, 9.17) is 4.74 Å². The molecule has 1 aromatic heterocycles. The summed E-state index contributed by atoms with van der Waals surface area (Å²) in [7, 11) is 0. The predicted octanol–water partition coefficient (Wildman–Crippen LogP) is 1.28. The van der Waals surface area contributed by atoms with E-state index in [2.05, 4.69) is 0 Å². The molecule has 1 heterocycles. The van der Waals surface area contributed by atoms with E-state index in [9.17, 15) is 9.90 Å². The van der Waals surface area contributed by atoms with Crippen molar-refractivity contribution in [2.24, 2.45) is 0 Å². The van der Waals surface area contributed by atoms with Gasteiger partial charge in [0.1, 0.15) is 0 Å². The van der Waals surface area contributed by atoms with E-state index in [0.29, 0.717) is 0 Å². The summed E-state index contributed by atoms with van der Waals surface area (Å²) >= 11 is 0. The van der Waals surface area contributed by atoms with Crippen molar-refractivity contribution in [3.8, 4) is 0 Å². The fourth-order valence-corrected chi connectivity index (χ4v) is 1.19. The summed E-state index contributed by atoms with van der Waals surface area (Å²) in [4.78, 5) is 11.5. The molecule has 0 aliphatic rings. The summed E-state index contributed by atoms with van der Waals surface area (Å²) in [6.07, 6.45) is 3.35. The molecule has 1 N–H and O–H groups in total. The number of aliphatic hydroxyl groups excluding tert-OH is 1. The van der Waals surface area contributed by atoms with Crippen LogP contribution in [-0.2, 0) is 9.53 Å². The summed E-state index contributed by atoms with van der Waals surface area (Å²) in [5.74, 6) is -0.599. The molecule has 15 heavy (non-hydrogen) atoms. The van der Waals surface area contributed by atoms with E-state index >= 15 is 0 Å². The van der Waals surface area contributed by atoms with Crippen molar-refractivity contribution in [2.45, 2.75) is 13.8 Å². The number of carbonyl (C=O) groups is 1. The zero-order valence-corrected chi connectivity index (χ0v) is 8.80. The third-order valence-electron chi connectivity index (χ3n) is 1.79. The lowest BCUT2D eigenvalue weighted by Gasteiger charge is -2.02. The number of pyridine rings is 1. The van der Waals surface area contributed by atoms with Gasteiger partial charge in [0, 0.05) is 19.1 Å². The van der Waals surface area contributed by atoms with Gasteiger partial charge in [-0.25, -0.2) is 4.79 Å². The Morgan fingerprint density at radius 3 is 2.40 bits per heavy atom. The summed E-state index contributed by atoms with van der Waals surface area (Å²) in [6, 6.07) is 5.36. The molecular weight excluding hydrogens is 194 g/mol. The van der Waals surface area contributed by atoms with Crippen LogP contribution in [0.1, 0.15) is 13.8 Å². The number of carbonyl (C=O) groups excluding carboxylic acids is 1. The SMILES string of the molecule is CCOC(=O)/C(=C(/C)O)[n+]1ccccc1. The lowest BCUT2D eigenvalue weighted by molar-refractivity contribution is -0.579. The largest absolute Gasteiger partial charge is 0.506 e. The lowest BCUT2D eigenvalue weighted by Crippen LogP contribution is -2.37. The Bertz CT molecular complexity index is 367. The summed E-state index contributed by atoms with van der Waals surface area (Å²) in [6.45, 7) is 3.45. The van der Waals surface area contributed by atoms with Crippen LogP contribution >= 0.6 is 0 Å². The average molecular weight is 208 g/mol. The van der Waals surface area contributed by atoms with Gasteiger partial charge in [0.05, 0.1) is 6.61 Å². The fraction of sp³-hybridized carbons (Fsp3) is 0.273. The molecule has 0 spiro atoms. The standard InChI is InChI=1S/C11H13NO3/c1-3-15-11(14)10(9(2)13)12-7-5-4-6-8-12/h4-8H,3H2,1-2H3/p+1. The van der Waals surface area contributed by atoms with Gasteiger partial charge in [-0.3, -0.25) is 0 Å². The first-order valence-corrected chi connectivity index (χ1v) is 4.70. The van der Waals surface area contributed by atoms with Gasteiger partial charge in [-0.05, 0) is 6.92 Å². The van der Waals surface area contributed by atoms with Crippen LogP contribution in [-0.4, -0.2) is 17.7 Å². The number of ether oxygens (including phenoxy) is 1. The van der Waals surface area contributed by atoms with Crippen molar-refractivity contribution in [3.05, 3.63) is 36.4 Å². The van der Waals surface area contributed by atoms with Gasteiger partial charge in [-0.2, -0.15) is 4.57 Å². The van der Waals surface area contributed by atoms with Gasteiger partial charge in [0.2, 0.25) is 0 Å². The molecule has 0 aromatic carbocycles. The summed E-state index contributed by atoms with van der Waals surface area (Å²) in [5.41, 5.74) is 0.137. The Morgan fingerprint density at radius 1 is 1.33 bits per heavy atom. The first-order valence-electron chi connectivity index (χ1n) is 4.70. The van der Waals surface area contributed by atoms with Gasteiger partial charge in [0.25, 0.3) is 0 Å². The highest BCUT2D eigenvalue weighted by molar-refractivity contribution is 6.06. The molecule has 0 aliphatic carbocycles. The van der Waals surface area contributed by atoms with Crippen LogP contribution < -0.4 is 4.57 Å². The van der Waals surface area contributed by atoms with Crippen LogP contribution in [0.4, 0.5) is 0 Å². The van der Waals surface area contributed by atoms with Crippen LogP contribution in [0, 0.1) is 0 Å². The molecule has 0 saturated heterocycles. The number of nitrogens with zero attached hydrogens (tertiary/aromatic N) is 1. The van der Waals surface area contributed by atoms with E-state index in [1.54, 1.807) is 31.5 Å². The number of esters is 1. The lowest BCUT2D eigenvalue weighted by atomic mass is 10.3. The Kier molecular flexibility index (Phi) is 3.85. The molecule has 1 aromatic rings. The topological polar surface area (TPSA) is 50.4 Å². The van der Waals surface area contributed by atoms with Crippen molar-refractivity contribution < 1.29 is 19.2 Å². The molecular formula is C11H14NO3+. The average Bonchev–Trinajstić information content (AvgIpc) is 2.19. The highest BCUT2D eigenvalue weighted by Gasteiger charge is 2.24. The van der Waals surface area contributed by atoms with Crippen LogP contribution in [0.2, 0.25) is 0 Å². The van der Waals surface area contributed by atoms with Crippen molar-refractivity contribution in [2.75, 3.05) is 6.61 Å². The van der Waals surface area contributed by atoms with Gasteiger partial charge in [-0.15, -0.1) is 0 Å². The van der Waals surface area contributed by atoms with Crippen molar-refractivity contribution >= 4 is 11.7 Å². The van der Waals surface area contributed by atoms with Gasteiger partial charge >= 0.3 is 11.7 Å². The van der Waals surface area contributed by atoms with Gasteiger partial charge in [0.15, 0.2) is 18.2 Å². The van der Waals surface area contributed by atoms with Crippen molar-refractivity contribution in [1.82, 2.24) is 0 Å². The Hall–Kier alpha value is -1.84. The summed E-state index contributed by atoms with van der Waals surface area (Å²) < 4.78 is 6.36. The molecule has 0 fully saturated rings. The molecule has 4 heteroatoms. The van der Waals surface area contributed by atoms with E-state index in [1.165, 1.54) is 11.5 Å². The molecule has 0 amide bonds. The monoisotopic (exact) mass is 208 g/mol. The van der Waals surface area contributed by atoms with Gasteiger partial charge < -0.3 is 9.84 Å². The molecule has 0 atom stereocenters. The minimum atomic E-state index is -0.534. The minimum absolute atomic E-state index is 0.0651. The number of allylic oxidation sites excluding steroid dienone is 1. The first kappa shape index (κ1) is 11.2. The van der Waals surface area contributed by atoms with Crippen LogP contribution in [0.5, 0.6) is 0 Å². The molecule has 1 rings (SSSR count). The number of aromatic nitrogens is 1. The van der Waals surface area contributed by atoms with Crippen LogP contribution in [0.3, 0.4) is 0 Å². The molecule has 0 aliphatic heterocycles. The van der Waals surface area contributed by atoms with Crippen molar-refractivity contribution in [3.63, 3.8) is 0 Å². The Morgan fingerprint density at radius 2 is 1.93 bits per heavy atom. The number of rotatable bonds is 3. The highest BCUT2D eigenvalue weighted by atomic mass is 16.5. The normalized spacial score (nSPS) is 11.9. The maximum atomic E-state index is 11.5. The Labute approximate surface area is 88.4 Å². The minimum Gasteiger partial charge on any atom is -0.506 e. The van der Waals surface area contributed by atoms with E-state index in [0.717, 1.165) is 0 Å². The zero-order chi connectivity index (χ0) is 11.3. The second-order valence-electron chi connectivity index (χ2n) is 2.94. The molecule has 0 unspecified atom stereocenters. The van der Waals surface area contributed by atoms with E-state index < -0.39 is 5.97 Å². The van der Waals surface area contributed by atoms with E-state index in [1.807, 2.05) is 6.07 Å². The number of aliphatic hydroxyl groups is 1. The van der Waals surface area contributed by atoms with Gasteiger partial charge in [-0.1, -0.05) is 6.07 Å². The molecule has 0 bridgehead atoms. The molecule has 80 valence electrons. The molecule has 4 nitrogen and oxygen atoms in total. The molecule has 0 saturated carbocycles. The second kappa shape index (κ2) is 5.14. The predicted molar refractivity (Wildman–Crippen MR) is 54.8 cm³/mol. The smallest absolute Gasteiger partial charge is 0.407 e. The maximum absolute atomic E-state index is 11.5. The fourth-order valence-electron chi connectivity index (χ4n) is 1.19. The highest BCUT2D eigenvalue weighted by Crippen LogP contribution is 2.03. The maximum Gasteiger partial charge on any atom is 0.407 e. The third-order valence-corrected chi connectivity index (χ3v) is 1.79. The number of hydrogen-bond acceptors (Lipinski definition) is 3. The van der Waals surface area contributed by atoms with Crippen LogP contribution in [0.15, 0.2) is 36.4 Å². The summed E-state index contributed by atoms with van der Waals surface area (Å²) in [5, 5.41) is 9.42. The van der Waals surface area contributed by atoms with E-state index in [-0.39, 0.29) is 18.1 Å². The second-order valence-corrected chi connectivity index (χ2v) is 2.94. The first-order chi connectivity index (χ1) is 7.16. The Balaban J connectivity index is 3.06. The quantitative estimate of drug-likeness (QED) is 0.352. The number of hydrogen-bond donors (Lipinski definition) is 1. The zero-order valence-electron chi connectivity index (χ0n) is 8.80. The van der Waals surface area contributed by atoms with Crippen molar-refractivity contribution in [1.29, 1.82) is 0 Å².